The molecule has 6 nitrogen and oxygen atoms in total. The second kappa shape index (κ2) is 14.2. The molecule has 0 saturated heterocycles. The van der Waals surface area contributed by atoms with E-state index in [9.17, 15) is 0 Å². The molecule has 57 heavy (non-hydrogen) atoms. The Labute approximate surface area is 342 Å². The first-order chi connectivity index (χ1) is 27.8. The van der Waals surface area contributed by atoms with Gasteiger partial charge in [0.25, 0.3) is 6.33 Å². The van der Waals surface area contributed by atoms with Crippen LogP contribution in [0.1, 0.15) is 0 Å². The summed E-state index contributed by atoms with van der Waals surface area (Å²) in [6, 6.07) is 63.5. The molecule has 0 saturated carbocycles. The summed E-state index contributed by atoms with van der Waals surface area (Å²) in [5.74, 6) is 0.634. The first-order valence-corrected chi connectivity index (χ1v) is 18.5. The van der Waals surface area contributed by atoms with E-state index in [1.165, 1.54) is 0 Å². The van der Waals surface area contributed by atoms with Gasteiger partial charge < -0.3 is 23.1 Å². The van der Waals surface area contributed by atoms with E-state index in [-0.39, 0.29) is 27.0 Å². The normalized spacial score (nSPS) is 11.4. The summed E-state index contributed by atoms with van der Waals surface area (Å²) in [4.78, 5) is 4.75. The third-order valence-electron chi connectivity index (χ3n) is 10.3. The second-order valence-electron chi connectivity index (χ2n) is 13.6. The summed E-state index contributed by atoms with van der Waals surface area (Å²) in [5.41, 5.74) is 10.6. The van der Waals surface area contributed by atoms with Gasteiger partial charge in [0, 0.05) is 44.0 Å². The molecule has 11 rings (SSSR count). The van der Waals surface area contributed by atoms with Gasteiger partial charge in [0.05, 0.1) is 16.7 Å². The number of hydrogen-bond acceptors (Lipinski definition) is 3. The van der Waals surface area contributed by atoms with Crippen LogP contribution in [0.4, 0.5) is 0 Å². The molecule has 0 N–H and O–H groups in total. The summed E-state index contributed by atoms with van der Waals surface area (Å²) in [5, 5.41) is 4.09. The molecule has 274 valence electrons. The van der Waals surface area contributed by atoms with Crippen LogP contribution >= 0.6 is 0 Å². The fourth-order valence-electron chi connectivity index (χ4n) is 7.87. The smallest absolute Gasteiger partial charge is 0.268 e. The monoisotopic (exact) mass is 913 g/mol. The average molecular weight is 914 g/mol. The van der Waals surface area contributed by atoms with Crippen molar-refractivity contribution in [3.8, 4) is 45.3 Å². The molecule has 7 aromatic carbocycles. The van der Waals surface area contributed by atoms with Crippen molar-refractivity contribution in [2.75, 3.05) is 0 Å². The number of fused-ring (bicyclic) bond motifs is 6. The molecule has 0 spiro atoms. The van der Waals surface area contributed by atoms with Crippen LogP contribution in [0, 0.1) is 18.6 Å². The van der Waals surface area contributed by atoms with Crippen LogP contribution in [0.15, 0.2) is 187 Å². The van der Waals surface area contributed by atoms with Crippen LogP contribution in [0.5, 0.6) is 11.7 Å². The third-order valence-corrected chi connectivity index (χ3v) is 10.3. The van der Waals surface area contributed by atoms with E-state index in [4.69, 9.17) is 14.1 Å². The number of para-hydroxylation sites is 5. The zero-order valence-electron chi connectivity index (χ0n) is 30.2. The Hall–Kier alpha value is -7.01. The van der Waals surface area contributed by atoms with Crippen molar-refractivity contribution < 1.29 is 34.8 Å². The molecule has 0 atom stereocenters. The molecule has 0 aliphatic heterocycles. The summed E-state index contributed by atoms with van der Waals surface area (Å²) < 4.78 is 19.3. The van der Waals surface area contributed by atoms with Crippen molar-refractivity contribution in [2.45, 2.75) is 0 Å². The second-order valence-corrected chi connectivity index (χ2v) is 13.6. The average Bonchev–Trinajstić information content (AvgIpc) is 3.80. The van der Waals surface area contributed by atoms with E-state index >= 15 is 0 Å². The van der Waals surface area contributed by atoms with Crippen LogP contribution in [0.2, 0.25) is 0 Å². The topological polar surface area (TPSA) is 48.5 Å². The fraction of sp³-hybridized carbons (Fsp3) is 0. The first kappa shape index (κ1) is 34.5. The number of pyridine rings is 1. The van der Waals surface area contributed by atoms with Gasteiger partial charge in [-0.25, -0.2) is 0 Å². The number of benzene rings is 7. The van der Waals surface area contributed by atoms with Gasteiger partial charge in [-0.1, -0.05) is 151 Å². The van der Waals surface area contributed by atoms with Crippen LogP contribution in [0.25, 0.3) is 83.0 Å². The van der Waals surface area contributed by atoms with Gasteiger partial charge in [-0.05, 0) is 62.6 Å². The molecule has 4 heterocycles. The van der Waals surface area contributed by atoms with Crippen molar-refractivity contribution in [2.24, 2.45) is 0 Å². The predicted octanol–water partition coefficient (Wildman–Crippen LogP) is 11.7. The van der Waals surface area contributed by atoms with E-state index in [1.54, 1.807) is 6.20 Å². The minimum Gasteiger partial charge on any atom is -0.462 e. The van der Waals surface area contributed by atoms with E-state index in [2.05, 4.69) is 138 Å². The van der Waals surface area contributed by atoms with E-state index in [0.29, 0.717) is 11.3 Å². The Bertz CT molecular complexity index is 3240. The predicted molar refractivity (Wildman–Crippen MR) is 221 cm³/mol. The van der Waals surface area contributed by atoms with Crippen LogP contribution in [-0.4, -0.2) is 14.0 Å². The Morgan fingerprint density at radius 3 is 2.00 bits per heavy atom. The first-order valence-electron chi connectivity index (χ1n) is 18.5. The van der Waals surface area contributed by atoms with Gasteiger partial charge >= 0.3 is 0 Å². The van der Waals surface area contributed by atoms with E-state index in [0.717, 1.165) is 77.4 Å². The molecule has 0 aliphatic carbocycles. The van der Waals surface area contributed by atoms with Gasteiger partial charge in [-0.2, -0.15) is 12.1 Å². The van der Waals surface area contributed by atoms with Gasteiger partial charge in [-0.3, -0.25) is 4.57 Å². The Morgan fingerprint density at radius 1 is 0.579 bits per heavy atom. The van der Waals surface area contributed by atoms with Crippen molar-refractivity contribution in [3.05, 3.63) is 201 Å². The third kappa shape index (κ3) is 5.85. The maximum atomic E-state index is 6.58. The fourth-order valence-corrected chi connectivity index (χ4v) is 7.87. The Balaban J connectivity index is 0.00000396. The Kier molecular flexibility index (Phi) is 8.62. The molecule has 0 amide bonds. The summed E-state index contributed by atoms with van der Waals surface area (Å²) >= 11 is 0. The molecular formula is C50H30N4O2Pt-2. The van der Waals surface area contributed by atoms with E-state index in [1.807, 2.05) is 69.6 Å². The van der Waals surface area contributed by atoms with Crippen LogP contribution in [-0.2, 0) is 21.1 Å². The SMILES string of the molecule is [Pt].[c-]1c(Oc2[c-]n3c4ncccc4c4cccc(c5ccccc5o2)c43)cccc1-[n+]1[c-]n(-c2c(-c3ccccc3)cccc2-c2ccccc2)c2ccccc21. The molecular weight excluding hydrogens is 884 g/mol. The quantitative estimate of drug-likeness (QED) is 0.123. The standard InChI is InChI=1S/C50H30N4O2.Pt/c1-3-15-34(16-4-1)38-22-12-23-39(35-17-5-2-6-18-35)48(38)54-33-53(44-27-8-9-28-45(44)54)36-19-11-20-37(31-36)55-47-32-52-49-41(40-21-7-10-29-46(40)56-47)24-13-25-42(49)43-26-14-30-51-50(43)52;/h1-30H;/q-2;. The molecule has 0 radical (unpaired) electrons. The molecule has 11 aromatic rings. The number of aromatic nitrogens is 4. The minimum absolute atomic E-state index is 0. The largest absolute Gasteiger partial charge is 0.462 e. The maximum Gasteiger partial charge on any atom is 0.268 e. The molecule has 0 aliphatic rings. The summed E-state index contributed by atoms with van der Waals surface area (Å²) in [7, 11) is 0. The van der Waals surface area contributed by atoms with Crippen molar-refractivity contribution >= 4 is 49.3 Å². The van der Waals surface area contributed by atoms with Crippen molar-refractivity contribution in [1.29, 1.82) is 0 Å². The van der Waals surface area contributed by atoms with Gasteiger partial charge in [0.2, 0.25) is 5.95 Å². The molecule has 7 heteroatoms. The van der Waals surface area contributed by atoms with Crippen LogP contribution < -0.4 is 9.30 Å². The van der Waals surface area contributed by atoms with Crippen molar-refractivity contribution in [3.63, 3.8) is 0 Å². The van der Waals surface area contributed by atoms with E-state index < -0.39 is 0 Å². The van der Waals surface area contributed by atoms with Gasteiger partial charge in [-0.15, -0.1) is 12.1 Å². The summed E-state index contributed by atoms with van der Waals surface area (Å²) in [6.45, 7) is 0. The maximum absolute atomic E-state index is 6.58. The zero-order valence-corrected chi connectivity index (χ0v) is 32.5. The van der Waals surface area contributed by atoms with Gasteiger partial charge in [0.15, 0.2) is 0 Å². The molecule has 4 aromatic heterocycles. The van der Waals surface area contributed by atoms with Gasteiger partial charge in [0.1, 0.15) is 5.58 Å². The number of imidazole rings is 1. The van der Waals surface area contributed by atoms with Crippen molar-refractivity contribution in [1.82, 2.24) is 14.0 Å². The molecule has 0 unspecified atom stereocenters. The Morgan fingerprint density at radius 2 is 1.21 bits per heavy atom. The molecule has 0 fully saturated rings. The number of rotatable bonds is 6. The minimum atomic E-state index is 0. The van der Waals surface area contributed by atoms with Crippen LogP contribution in [0.3, 0.4) is 0 Å². The zero-order chi connectivity index (χ0) is 37.0. The number of nitrogens with zero attached hydrogens (tertiary/aromatic N) is 4. The number of hydrogen-bond donors (Lipinski definition) is 0. The number of ether oxygens (including phenoxy) is 1. The summed E-state index contributed by atoms with van der Waals surface area (Å²) in [6.07, 6.45) is 8.94. The molecule has 0 bridgehead atoms.